The smallest absolute Gasteiger partial charge is 0.274 e. The zero-order chi connectivity index (χ0) is 24.8. The Labute approximate surface area is 206 Å². The van der Waals surface area contributed by atoms with Crippen LogP contribution in [0, 0.1) is 0 Å². The second kappa shape index (κ2) is 11.0. The van der Waals surface area contributed by atoms with Crippen molar-refractivity contribution in [3.05, 3.63) is 107 Å². The standard InChI is InChI=1S/C26H29ClN2O4Si/c1-34(2,3)33-26(25(28)31,21-14-16-22(27)17-15-21)29-24(30)23(20-12-8-5-9-13-20)32-18-19-10-6-4-7-11-19/h4-17,23H,18H2,1-3H3,(H2,28,31)(H,29,30). The van der Waals surface area contributed by atoms with Gasteiger partial charge in [-0.05, 0) is 42.9 Å². The molecule has 0 aliphatic carbocycles. The predicted molar refractivity (Wildman–Crippen MR) is 135 cm³/mol. The number of hydrogen-bond acceptors (Lipinski definition) is 4. The summed E-state index contributed by atoms with van der Waals surface area (Å²) in [7, 11) is -2.39. The molecule has 0 aliphatic heterocycles. The van der Waals surface area contributed by atoms with E-state index in [-0.39, 0.29) is 6.61 Å². The molecule has 8 heteroatoms. The van der Waals surface area contributed by atoms with Crippen LogP contribution in [-0.4, -0.2) is 20.1 Å². The zero-order valence-corrected chi connectivity index (χ0v) is 21.2. The molecule has 0 saturated carbocycles. The van der Waals surface area contributed by atoms with E-state index in [1.807, 2.05) is 68.2 Å². The number of nitrogens with one attached hydrogen (secondary N) is 1. The third kappa shape index (κ3) is 6.54. The number of primary amides is 1. The number of hydrogen-bond donors (Lipinski definition) is 2. The van der Waals surface area contributed by atoms with Crippen LogP contribution < -0.4 is 11.1 Å². The third-order valence-electron chi connectivity index (χ3n) is 4.96. The lowest BCUT2D eigenvalue weighted by Gasteiger charge is -2.38. The summed E-state index contributed by atoms with van der Waals surface area (Å²) in [5, 5.41) is 3.27. The molecule has 0 aromatic heterocycles. The minimum absolute atomic E-state index is 0.202. The average Bonchev–Trinajstić information content (AvgIpc) is 2.79. The first-order valence-electron chi connectivity index (χ1n) is 10.9. The Balaban J connectivity index is 1.99. The molecule has 3 aromatic rings. The van der Waals surface area contributed by atoms with Crippen LogP contribution in [-0.2, 0) is 31.1 Å². The molecule has 0 aliphatic rings. The summed E-state index contributed by atoms with van der Waals surface area (Å²) in [6.45, 7) is 5.93. The summed E-state index contributed by atoms with van der Waals surface area (Å²) in [5.74, 6) is -1.38. The Morgan fingerprint density at radius 2 is 1.50 bits per heavy atom. The first kappa shape index (κ1) is 25.6. The quantitative estimate of drug-likeness (QED) is 0.308. The van der Waals surface area contributed by atoms with Gasteiger partial charge in [-0.2, -0.15) is 0 Å². The van der Waals surface area contributed by atoms with Crippen molar-refractivity contribution in [3.8, 4) is 0 Å². The summed E-state index contributed by atoms with van der Waals surface area (Å²) >= 11 is 6.05. The Bertz CT molecular complexity index is 1110. The highest BCUT2D eigenvalue weighted by Gasteiger charge is 2.46. The Morgan fingerprint density at radius 3 is 2.03 bits per heavy atom. The molecular weight excluding hydrogens is 468 g/mol. The van der Waals surface area contributed by atoms with Gasteiger partial charge in [-0.1, -0.05) is 84.4 Å². The third-order valence-corrected chi connectivity index (χ3v) is 6.13. The van der Waals surface area contributed by atoms with Crippen LogP contribution >= 0.6 is 11.6 Å². The molecule has 3 rings (SSSR count). The summed E-state index contributed by atoms with van der Waals surface area (Å²) in [5.41, 5.74) is 5.92. The number of rotatable bonds is 10. The van der Waals surface area contributed by atoms with Crippen molar-refractivity contribution in [3.63, 3.8) is 0 Å². The Kier molecular flexibility index (Phi) is 8.27. The molecule has 0 heterocycles. The molecule has 0 saturated heterocycles. The van der Waals surface area contributed by atoms with E-state index in [1.54, 1.807) is 36.4 Å². The van der Waals surface area contributed by atoms with Gasteiger partial charge in [0.05, 0.1) is 6.61 Å². The number of amides is 2. The molecule has 2 amide bonds. The van der Waals surface area contributed by atoms with Crippen LogP contribution in [0.5, 0.6) is 0 Å². The average molecular weight is 497 g/mol. The first-order valence-corrected chi connectivity index (χ1v) is 14.7. The molecule has 0 radical (unpaired) electrons. The van der Waals surface area contributed by atoms with Crippen molar-refractivity contribution < 1.29 is 18.8 Å². The maximum Gasteiger partial charge on any atom is 0.274 e. The van der Waals surface area contributed by atoms with E-state index in [1.165, 1.54) is 0 Å². The number of nitrogens with two attached hydrogens (primary N) is 1. The van der Waals surface area contributed by atoms with Gasteiger partial charge < -0.3 is 20.2 Å². The lowest BCUT2D eigenvalue weighted by Crippen LogP contribution is -2.61. The van der Waals surface area contributed by atoms with E-state index in [9.17, 15) is 9.59 Å². The Morgan fingerprint density at radius 1 is 0.941 bits per heavy atom. The number of halogens is 1. The molecule has 0 fully saturated rings. The number of carbonyl (C=O) groups excluding carboxylic acids is 2. The lowest BCUT2D eigenvalue weighted by molar-refractivity contribution is -0.151. The molecule has 34 heavy (non-hydrogen) atoms. The fourth-order valence-corrected chi connectivity index (χ4v) is 4.81. The molecule has 2 atom stereocenters. The maximum absolute atomic E-state index is 13.7. The number of ether oxygens (including phenoxy) is 1. The van der Waals surface area contributed by atoms with Crippen LogP contribution in [0.4, 0.5) is 0 Å². The van der Waals surface area contributed by atoms with Gasteiger partial charge in [-0.25, -0.2) is 0 Å². The second-order valence-electron chi connectivity index (χ2n) is 8.84. The molecule has 2 unspecified atom stereocenters. The summed E-state index contributed by atoms with van der Waals surface area (Å²) < 4.78 is 12.3. The van der Waals surface area contributed by atoms with Crippen LogP contribution in [0.25, 0.3) is 0 Å². The van der Waals surface area contributed by atoms with Crippen LogP contribution in [0.3, 0.4) is 0 Å². The molecule has 6 nitrogen and oxygen atoms in total. The van der Waals surface area contributed by atoms with Crippen molar-refractivity contribution >= 4 is 31.7 Å². The number of benzene rings is 3. The van der Waals surface area contributed by atoms with E-state index in [0.29, 0.717) is 16.1 Å². The van der Waals surface area contributed by atoms with Gasteiger partial charge in [0.1, 0.15) is 0 Å². The maximum atomic E-state index is 13.7. The van der Waals surface area contributed by atoms with E-state index in [0.717, 1.165) is 5.56 Å². The fraction of sp³-hybridized carbons (Fsp3) is 0.231. The molecule has 3 N–H and O–H groups in total. The highest BCUT2D eigenvalue weighted by molar-refractivity contribution is 6.70. The molecule has 0 spiro atoms. The predicted octanol–water partition coefficient (Wildman–Crippen LogP) is 4.90. The highest BCUT2D eigenvalue weighted by atomic mass is 35.5. The topological polar surface area (TPSA) is 90.7 Å². The summed E-state index contributed by atoms with van der Waals surface area (Å²) in [4.78, 5) is 26.6. The van der Waals surface area contributed by atoms with E-state index in [2.05, 4.69) is 5.32 Å². The molecular formula is C26H29ClN2O4Si. The minimum atomic E-state index is -2.39. The van der Waals surface area contributed by atoms with Crippen LogP contribution in [0.2, 0.25) is 24.7 Å². The Hall–Kier alpha value is -2.97. The van der Waals surface area contributed by atoms with E-state index in [4.69, 9.17) is 26.5 Å². The largest absolute Gasteiger partial charge is 0.385 e. The number of carbonyl (C=O) groups is 2. The van der Waals surface area contributed by atoms with E-state index >= 15 is 0 Å². The first-order chi connectivity index (χ1) is 16.1. The van der Waals surface area contributed by atoms with Crippen molar-refractivity contribution in [2.45, 2.75) is 38.1 Å². The van der Waals surface area contributed by atoms with Crippen molar-refractivity contribution in [1.82, 2.24) is 5.32 Å². The van der Waals surface area contributed by atoms with Gasteiger partial charge in [-0.3, -0.25) is 9.59 Å². The molecule has 0 bridgehead atoms. The van der Waals surface area contributed by atoms with E-state index < -0.39 is 32.0 Å². The zero-order valence-electron chi connectivity index (χ0n) is 19.5. The van der Waals surface area contributed by atoms with Crippen LogP contribution in [0.1, 0.15) is 22.8 Å². The normalized spacial score (nSPS) is 14.1. The minimum Gasteiger partial charge on any atom is -0.385 e. The van der Waals surface area contributed by atoms with Gasteiger partial charge in [-0.15, -0.1) is 0 Å². The lowest BCUT2D eigenvalue weighted by atomic mass is 10.0. The van der Waals surface area contributed by atoms with Crippen LogP contribution in [0.15, 0.2) is 84.9 Å². The highest BCUT2D eigenvalue weighted by Crippen LogP contribution is 2.30. The van der Waals surface area contributed by atoms with Gasteiger partial charge in [0.2, 0.25) is 5.72 Å². The molecule has 3 aromatic carbocycles. The van der Waals surface area contributed by atoms with Gasteiger partial charge in [0.15, 0.2) is 14.4 Å². The van der Waals surface area contributed by atoms with Gasteiger partial charge >= 0.3 is 0 Å². The van der Waals surface area contributed by atoms with Gasteiger partial charge in [0.25, 0.3) is 11.8 Å². The van der Waals surface area contributed by atoms with Crippen molar-refractivity contribution in [2.75, 3.05) is 0 Å². The van der Waals surface area contributed by atoms with Gasteiger partial charge in [0, 0.05) is 10.6 Å². The van der Waals surface area contributed by atoms with Crippen molar-refractivity contribution in [1.29, 1.82) is 0 Å². The second-order valence-corrected chi connectivity index (χ2v) is 13.7. The van der Waals surface area contributed by atoms with Crippen molar-refractivity contribution in [2.24, 2.45) is 5.73 Å². The summed E-state index contributed by atoms with van der Waals surface area (Å²) in [6.07, 6.45) is -1.00. The SMILES string of the molecule is C[Si](C)(C)OC(NC(=O)C(OCc1ccccc1)c1ccccc1)(C(N)=O)c1ccc(Cl)cc1. The fourth-order valence-electron chi connectivity index (χ4n) is 3.50. The molecule has 178 valence electrons. The monoisotopic (exact) mass is 496 g/mol. The summed E-state index contributed by atoms with van der Waals surface area (Å²) in [6, 6.07) is 25.1.